The zero-order valence-corrected chi connectivity index (χ0v) is 19.9. The van der Waals surface area contributed by atoms with E-state index in [-0.39, 0.29) is 5.82 Å². The Labute approximate surface area is 211 Å². The molecule has 6 heterocycles. The van der Waals surface area contributed by atoms with E-state index in [0.29, 0.717) is 33.9 Å². The van der Waals surface area contributed by atoms with Crippen molar-refractivity contribution in [2.45, 2.75) is 19.4 Å². The Morgan fingerprint density at radius 2 is 1.78 bits per heavy atom. The summed E-state index contributed by atoms with van der Waals surface area (Å²) in [6, 6.07) is 12.6. The zero-order chi connectivity index (χ0) is 24.8. The first kappa shape index (κ1) is 21.8. The van der Waals surface area contributed by atoms with Crippen molar-refractivity contribution in [1.29, 1.82) is 0 Å². The van der Waals surface area contributed by atoms with Crippen LogP contribution in [0.15, 0.2) is 67.3 Å². The van der Waals surface area contributed by atoms with Gasteiger partial charge in [0.2, 0.25) is 0 Å². The molecule has 0 saturated carbocycles. The first-order chi connectivity index (χ1) is 18.2. The van der Waals surface area contributed by atoms with E-state index in [0.717, 1.165) is 41.7 Å². The van der Waals surface area contributed by atoms with Crippen LogP contribution in [0.3, 0.4) is 0 Å². The minimum Gasteiger partial charge on any atom is -0.336 e. The number of aromatic amines is 2. The van der Waals surface area contributed by atoms with Crippen LogP contribution in [-0.4, -0.2) is 53.1 Å². The number of hydrogen-bond donors (Lipinski definition) is 2. The molecule has 8 nitrogen and oxygen atoms in total. The maximum Gasteiger partial charge on any atom is 0.159 e. The van der Waals surface area contributed by atoms with Gasteiger partial charge in [-0.15, -0.1) is 0 Å². The highest BCUT2D eigenvalue weighted by atomic mass is 19.1. The predicted octanol–water partition coefficient (Wildman–Crippen LogP) is 5.36. The Kier molecular flexibility index (Phi) is 5.21. The third-order valence-electron chi connectivity index (χ3n) is 6.90. The summed E-state index contributed by atoms with van der Waals surface area (Å²) < 4.78 is 14.5. The Balaban J connectivity index is 1.29. The van der Waals surface area contributed by atoms with Gasteiger partial charge < -0.3 is 4.98 Å². The largest absolute Gasteiger partial charge is 0.336 e. The van der Waals surface area contributed by atoms with Crippen molar-refractivity contribution in [3.8, 4) is 33.9 Å². The van der Waals surface area contributed by atoms with Crippen LogP contribution in [0.4, 0.5) is 4.39 Å². The molecule has 5 aromatic heterocycles. The normalized spacial score (nSPS) is 14.2. The van der Waals surface area contributed by atoms with Gasteiger partial charge in [0, 0.05) is 48.0 Å². The molecule has 1 fully saturated rings. The van der Waals surface area contributed by atoms with Crippen LogP contribution in [-0.2, 0) is 6.54 Å². The first-order valence-electron chi connectivity index (χ1n) is 12.3. The zero-order valence-electron chi connectivity index (χ0n) is 19.9. The van der Waals surface area contributed by atoms with E-state index in [4.69, 9.17) is 4.98 Å². The van der Waals surface area contributed by atoms with Crippen molar-refractivity contribution in [1.82, 2.24) is 40.0 Å². The van der Waals surface area contributed by atoms with Crippen molar-refractivity contribution in [3.63, 3.8) is 0 Å². The molecular formula is C28H23FN8. The Morgan fingerprint density at radius 1 is 0.919 bits per heavy atom. The van der Waals surface area contributed by atoms with Crippen LogP contribution in [0.1, 0.15) is 18.4 Å². The molecule has 1 aromatic carbocycles. The molecule has 7 rings (SSSR count). The van der Waals surface area contributed by atoms with E-state index in [2.05, 4.69) is 47.2 Å². The number of hydrogen-bond acceptors (Lipinski definition) is 6. The van der Waals surface area contributed by atoms with Crippen molar-refractivity contribution in [3.05, 3.63) is 78.6 Å². The van der Waals surface area contributed by atoms with Gasteiger partial charge in [0.05, 0.1) is 10.9 Å². The number of H-pyrrole nitrogens is 2. The second-order valence-electron chi connectivity index (χ2n) is 9.38. The summed E-state index contributed by atoms with van der Waals surface area (Å²) in [6.45, 7) is 3.19. The lowest BCUT2D eigenvalue weighted by molar-refractivity contribution is 0.331. The van der Waals surface area contributed by atoms with Crippen molar-refractivity contribution < 1.29 is 4.39 Å². The lowest BCUT2D eigenvalue weighted by Gasteiger charge is -2.14. The fourth-order valence-electron chi connectivity index (χ4n) is 5.07. The third kappa shape index (κ3) is 3.93. The molecule has 0 bridgehead atoms. The summed E-state index contributed by atoms with van der Waals surface area (Å²) in [5.41, 5.74) is 6.68. The van der Waals surface area contributed by atoms with Crippen LogP contribution in [0, 0.1) is 5.82 Å². The molecular weight excluding hydrogens is 467 g/mol. The van der Waals surface area contributed by atoms with Gasteiger partial charge >= 0.3 is 0 Å². The number of halogens is 1. The topological polar surface area (TPSA) is 99.3 Å². The second kappa shape index (κ2) is 8.86. The predicted molar refractivity (Wildman–Crippen MR) is 140 cm³/mol. The number of pyridine rings is 3. The van der Waals surface area contributed by atoms with E-state index < -0.39 is 0 Å². The Morgan fingerprint density at radius 3 is 2.68 bits per heavy atom. The highest BCUT2D eigenvalue weighted by Gasteiger charge is 2.18. The molecule has 0 atom stereocenters. The number of imidazole rings is 1. The monoisotopic (exact) mass is 490 g/mol. The van der Waals surface area contributed by atoms with Gasteiger partial charge in [-0.05, 0) is 61.8 Å². The van der Waals surface area contributed by atoms with E-state index >= 15 is 0 Å². The quantitative estimate of drug-likeness (QED) is 0.338. The summed E-state index contributed by atoms with van der Waals surface area (Å²) in [7, 11) is 0. The second-order valence-corrected chi connectivity index (χ2v) is 9.38. The number of likely N-dealkylation sites (tertiary alicyclic amines) is 1. The summed E-state index contributed by atoms with van der Waals surface area (Å²) in [5.74, 6) is 0.221. The van der Waals surface area contributed by atoms with Gasteiger partial charge in [-0.1, -0.05) is 12.1 Å². The molecule has 0 aliphatic carbocycles. The molecule has 2 N–H and O–H groups in total. The minimum atomic E-state index is -0.341. The molecule has 9 heteroatoms. The van der Waals surface area contributed by atoms with Crippen LogP contribution in [0.25, 0.3) is 56.0 Å². The van der Waals surface area contributed by atoms with Gasteiger partial charge in [0.15, 0.2) is 11.5 Å². The summed E-state index contributed by atoms with van der Waals surface area (Å²) in [4.78, 5) is 24.1. The first-order valence-corrected chi connectivity index (χ1v) is 12.3. The smallest absolute Gasteiger partial charge is 0.159 e. The molecule has 37 heavy (non-hydrogen) atoms. The van der Waals surface area contributed by atoms with E-state index in [9.17, 15) is 4.39 Å². The van der Waals surface area contributed by atoms with Crippen LogP contribution < -0.4 is 0 Å². The van der Waals surface area contributed by atoms with Crippen LogP contribution in [0.2, 0.25) is 0 Å². The number of benzene rings is 1. The summed E-state index contributed by atoms with van der Waals surface area (Å²) in [5, 5.41) is 8.34. The number of rotatable bonds is 5. The third-order valence-corrected chi connectivity index (χ3v) is 6.90. The molecule has 1 aliphatic rings. The Hall–Kier alpha value is -4.50. The standard InChI is InChI=1S/C28H23FN8/c29-22-6-2-1-5-20(22)24-26-23(7-8-31-24)33-28(34-26)25-21-12-19(15-32-27(21)36-35-25)18-11-17(13-30-14-18)16-37-9-3-4-10-37/h1-2,5-8,11-15H,3-4,9-10,16H2,(H,33,34)(H,32,35,36). The fraction of sp³-hybridized carbons (Fsp3) is 0.179. The number of aromatic nitrogens is 7. The average Bonchev–Trinajstić information content (AvgIpc) is 3.68. The number of nitrogens with zero attached hydrogens (tertiary/aromatic N) is 6. The molecule has 6 aromatic rings. The van der Waals surface area contributed by atoms with Gasteiger partial charge in [-0.2, -0.15) is 5.10 Å². The van der Waals surface area contributed by atoms with Crippen molar-refractivity contribution in [2.24, 2.45) is 0 Å². The molecule has 0 radical (unpaired) electrons. The Bertz CT molecular complexity index is 1750. The maximum absolute atomic E-state index is 14.5. The number of nitrogens with one attached hydrogen (secondary N) is 2. The van der Waals surface area contributed by atoms with Gasteiger partial charge in [0.1, 0.15) is 22.7 Å². The van der Waals surface area contributed by atoms with Gasteiger partial charge in [-0.3, -0.25) is 20.0 Å². The molecule has 182 valence electrons. The van der Waals surface area contributed by atoms with E-state index in [1.165, 1.54) is 24.5 Å². The SMILES string of the molecule is Fc1ccccc1-c1nccc2[nH]c(-c3n[nH]c4ncc(-c5cncc(CN6CCCC6)c5)cc34)nc12. The summed E-state index contributed by atoms with van der Waals surface area (Å²) in [6.07, 6.45) is 9.81. The molecule has 1 saturated heterocycles. The molecule has 0 spiro atoms. The lowest BCUT2D eigenvalue weighted by atomic mass is 10.1. The highest BCUT2D eigenvalue weighted by molar-refractivity contribution is 5.96. The van der Waals surface area contributed by atoms with Crippen LogP contribution >= 0.6 is 0 Å². The van der Waals surface area contributed by atoms with Crippen LogP contribution in [0.5, 0.6) is 0 Å². The van der Waals surface area contributed by atoms with E-state index in [1.54, 1.807) is 24.4 Å². The van der Waals surface area contributed by atoms with Gasteiger partial charge in [0.25, 0.3) is 0 Å². The summed E-state index contributed by atoms with van der Waals surface area (Å²) >= 11 is 0. The van der Waals surface area contributed by atoms with E-state index in [1.807, 2.05) is 24.7 Å². The highest BCUT2D eigenvalue weighted by Crippen LogP contribution is 2.32. The molecule has 0 unspecified atom stereocenters. The fourth-order valence-corrected chi connectivity index (χ4v) is 5.07. The lowest BCUT2D eigenvalue weighted by Crippen LogP contribution is -2.18. The molecule has 0 amide bonds. The van der Waals surface area contributed by atoms with Gasteiger partial charge in [-0.25, -0.2) is 14.4 Å². The maximum atomic E-state index is 14.5. The average molecular weight is 491 g/mol. The van der Waals surface area contributed by atoms with Crippen molar-refractivity contribution in [2.75, 3.05) is 13.1 Å². The molecule has 1 aliphatic heterocycles. The minimum absolute atomic E-state index is 0.341. The van der Waals surface area contributed by atoms with Crippen molar-refractivity contribution >= 4 is 22.1 Å². The number of fused-ring (bicyclic) bond motifs is 2.